The van der Waals surface area contributed by atoms with Crippen LogP contribution in [0, 0.1) is 19.8 Å². The summed E-state index contributed by atoms with van der Waals surface area (Å²) in [5, 5.41) is 5.84. The summed E-state index contributed by atoms with van der Waals surface area (Å²) in [5.74, 6) is -0.677. The number of nitrogens with zero attached hydrogens (tertiary/aromatic N) is 1. The molecule has 2 rings (SSSR count). The van der Waals surface area contributed by atoms with Gasteiger partial charge in [0.15, 0.2) is 0 Å². The van der Waals surface area contributed by atoms with Crippen LogP contribution in [0.25, 0.3) is 0 Å². The van der Waals surface area contributed by atoms with Crippen LogP contribution in [0.1, 0.15) is 91.0 Å². The van der Waals surface area contributed by atoms with Gasteiger partial charge in [-0.2, -0.15) is 0 Å². The standard InChI is InChI=1S/C27H43N3O4/c1-16(2)21(28-25(33)34-27(8,9)10)24(32)30(19-12-13-19)22(23(31)29-26(5,6)7)20-14-11-17(3)15-18(20)4/h11,14-16,19,21-22H,12-13H2,1-10H3,(H,28,33)(H,29,31). The third-order valence-electron chi connectivity index (χ3n) is 5.54. The molecule has 190 valence electrons. The van der Waals surface area contributed by atoms with Gasteiger partial charge in [0, 0.05) is 11.6 Å². The molecule has 1 aromatic rings. The highest BCUT2D eigenvalue weighted by Gasteiger charge is 2.45. The predicted molar refractivity (Wildman–Crippen MR) is 134 cm³/mol. The van der Waals surface area contributed by atoms with Crippen LogP contribution in [-0.4, -0.2) is 46.0 Å². The summed E-state index contributed by atoms with van der Waals surface area (Å²) in [6.45, 7) is 18.8. The van der Waals surface area contributed by atoms with E-state index >= 15 is 0 Å². The molecular weight excluding hydrogens is 430 g/mol. The van der Waals surface area contributed by atoms with Gasteiger partial charge in [0.05, 0.1) is 0 Å². The van der Waals surface area contributed by atoms with E-state index in [9.17, 15) is 14.4 Å². The van der Waals surface area contributed by atoms with E-state index in [1.54, 1.807) is 25.7 Å². The Bertz CT molecular complexity index is 907. The van der Waals surface area contributed by atoms with Crippen LogP contribution in [0.5, 0.6) is 0 Å². The third-order valence-corrected chi connectivity index (χ3v) is 5.54. The van der Waals surface area contributed by atoms with E-state index in [0.29, 0.717) is 0 Å². The van der Waals surface area contributed by atoms with Crippen molar-refractivity contribution in [3.05, 3.63) is 34.9 Å². The van der Waals surface area contributed by atoms with E-state index < -0.39 is 29.3 Å². The molecule has 2 unspecified atom stereocenters. The molecule has 2 N–H and O–H groups in total. The fourth-order valence-corrected chi connectivity index (χ4v) is 3.97. The zero-order chi connectivity index (χ0) is 26.0. The van der Waals surface area contributed by atoms with E-state index in [2.05, 4.69) is 10.6 Å². The minimum Gasteiger partial charge on any atom is -0.444 e. The molecule has 1 aliphatic rings. The molecule has 0 aromatic heterocycles. The Morgan fingerprint density at radius 1 is 1.03 bits per heavy atom. The smallest absolute Gasteiger partial charge is 0.408 e. The number of nitrogens with one attached hydrogen (secondary N) is 2. The van der Waals surface area contributed by atoms with Crippen molar-refractivity contribution in [2.75, 3.05) is 0 Å². The Kier molecular flexibility index (Phi) is 8.43. The summed E-state index contributed by atoms with van der Waals surface area (Å²) in [7, 11) is 0. The molecule has 7 nitrogen and oxygen atoms in total. The zero-order valence-electron chi connectivity index (χ0n) is 22.5. The fraction of sp³-hybridized carbons (Fsp3) is 0.667. The number of aryl methyl sites for hydroxylation is 2. The van der Waals surface area contributed by atoms with E-state index in [0.717, 1.165) is 29.5 Å². The minimum absolute atomic E-state index is 0.0504. The molecule has 0 radical (unpaired) electrons. The number of hydrogen-bond acceptors (Lipinski definition) is 4. The predicted octanol–water partition coefficient (Wildman–Crippen LogP) is 4.80. The van der Waals surface area contributed by atoms with Crippen molar-refractivity contribution in [1.82, 2.24) is 15.5 Å². The third kappa shape index (κ3) is 7.74. The van der Waals surface area contributed by atoms with Crippen LogP contribution in [0.3, 0.4) is 0 Å². The van der Waals surface area contributed by atoms with Gasteiger partial charge in [-0.1, -0.05) is 37.6 Å². The number of benzene rings is 1. The summed E-state index contributed by atoms with van der Waals surface area (Å²) >= 11 is 0. The van der Waals surface area contributed by atoms with Crippen molar-refractivity contribution in [2.24, 2.45) is 5.92 Å². The highest BCUT2D eigenvalue weighted by molar-refractivity contribution is 5.93. The second-order valence-corrected chi connectivity index (χ2v) is 11.8. The Morgan fingerprint density at radius 2 is 1.62 bits per heavy atom. The van der Waals surface area contributed by atoms with Crippen molar-refractivity contribution in [3.8, 4) is 0 Å². The number of carbonyl (C=O) groups is 3. The molecule has 0 bridgehead atoms. The summed E-state index contributed by atoms with van der Waals surface area (Å²) in [6, 6.07) is 4.28. The second-order valence-electron chi connectivity index (χ2n) is 11.8. The lowest BCUT2D eigenvalue weighted by molar-refractivity contribution is -0.144. The van der Waals surface area contributed by atoms with Gasteiger partial charge >= 0.3 is 6.09 Å². The van der Waals surface area contributed by atoms with Gasteiger partial charge in [0.1, 0.15) is 17.7 Å². The number of ether oxygens (including phenoxy) is 1. The lowest BCUT2D eigenvalue weighted by atomic mass is 9.94. The first-order chi connectivity index (χ1) is 15.5. The van der Waals surface area contributed by atoms with Crippen LogP contribution >= 0.6 is 0 Å². The monoisotopic (exact) mass is 473 g/mol. The number of amides is 3. The van der Waals surface area contributed by atoms with Crippen LogP contribution in [0.15, 0.2) is 18.2 Å². The first kappa shape index (κ1) is 27.7. The normalized spacial score (nSPS) is 16.0. The molecular formula is C27H43N3O4. The Labute approximate surface area is 205 Å². The summed E-state index contributed by atoms with van der Waals surface area (Å²) in [6.07, 6.45) is 1.01. The SMILES string of the molecule is Cc1ccc(C(C(=O)NC(C)(C)C)N(C(=O)C(NC(=O)OC(C)(C)C)C(C)C)C2CC2)c(C)c1. The van der Waals surface area contributed by atoms with Crippen molar-refractivity contribution in [1.29, 1.82) is 0 Å². The molecule has 1 aromatic carbocycles. The minimum atomic E-state index is -0.814. The fourth-order valence-electron chi connectivity index (χ4n) is 3.97. The van der Waals surface area contributed by atoms with E-state index in [1.807, 2.05) is 66.7 Å². The Hall–Kier alpha value is -2.57. The summed E-state index contributed by atoms with van der Waals surface area (Å²) < 4.78 is 5.42. The van der Waals surface area contributed by atoms with Crippen molar-refractivity contribution in [2.45, 2.75) is 111 Å². The van der Waals surface area contributed by atoms with Crippen molar-refractivity contribution in [3.63, 3.8) is 0 Å². The van der Waals surface area contributed by atoms with Crippen molar-refractivity contribution < 1.29 is 19.1 Å². The molecule has 7 heteroatoms. The average molecular weight is 474 g/mol. The molecule has 3 amide bonds. The number of carbonyl (C=O) groups excluding carboxylic acids is 3. The molecule has 0 spiro atoms. The van der Waals surface area contributed by atoms with Gasteiger partial charge in [0.25, 0.3) is 0 Å². The molecule has 0 aliphatic heterocycles. The quantitative estimate of drug-likeness (QED) is 0.595. The van der Waals surface area contributed by atoms with Gasteiger partial charge in [-0.15, -0.1) is 0 Å². The Balaban J connectivity index is 2.50. The van der Waals surface area contributed by atoms with Crippen LogP contribution in [0.4, 0.5) is 4.79 Å². The van der Waals surface area contributed by atoms with E-state index in [-0.39, 0.29) is 23.8 Å². The topological polar surface area (TPSA) is 87.7 Å². The van der Waals surface area contributed by atoms with Gasteiger partial charge in [-0.25, -0.2) is 4.79 Å². The number of rotatable bonds is 7. The molecule has 0 heterocycles. The maximum Gasteiger partial charge on any atom is 0.408 e. The van der Waals surface area contributed by atoms with Crippen LogP contribution in [-0.2, 0) is 14.3 Å². The molecule has 34 heavy (non-hydrogen) atoms. The largest absolute Gasteiger partial charge is 0.444 e. The lowest BCUT2D eigenvalue weighted by Crippen LogP contribution is -2.56. The van der Waals surface area contributed by atoms with Crippen molar-refractivity contribution >= 4 is 17.9 Å². The zero-order valence-corrected chi connectivity index (χ0v) is 22.5. The second kappa shape index (κ2) is 10.4. The first-order valence-electron chi connectivity index (χ1n) is 12.2. The number of alkyl carbamates (subject to hydrolysis) is 1. The van der Waals surface area contributed by atoms with Gasteiger partial charge in [0.2, 0.25) is 11.8 Å². The van der Waals surface area contributed by atoms with Crippen LogP contribution < -0.4 is 10.6 Å². The lowest BCUT2D eigenvalue weighted by Gasteiger charge is -2.37. The van der Waals surface area contributed by atoms with Gasteiger partial charge in [-0.3, -0.25) is 9.59 Å². The average Bonchev–Trinajstić information content (AvgIpc) is 3.46. The Morgan fingerprint density at radius 3 is 2.06 bits per heavy atom. The molecule has 0 saturated heterocycles. The summed E-state index contributed by atoms with van der Waals surface area (Å²) in [4.78, 5) is 41.9. The molecule has 1 fully saturated rings. The maximum absolute atomic E-state index is 14.0. The van der Waals surface area contributed by atoms with Crippen LogP contribution in [0.2, 0.25) is 0 Å². The molecule has 2 atom stereocenters. The van der Waals surface area contributed by atoms with E-state index in [4.69, 9.17) is 4.74 Å². The number of hydrogen-bond donors (Lipinski definition) is 2. The highest BCUT2D eigenvalue weighted by Crippen LogP contribution is 2.37. The molecule has 1 aliphatic carbocycles. The molecule has 1 saturated carbocycles. The highest BCUT2D eigenvalue weighted by atomic mass is 16.6. The maximum atomic E-state index is 14.0. The van der Waals surface area contributed by atoms with Gasteiger partial charge in [-0.05, 0) is 85.3 Å². The summed E-state index contributed by atoms with van der Waals surface area (Å²) in [5.41, 5.74) is 1.70. The van der Waals surface area contributed by atoms with Gasteiger partial charge < -0.3 is 20.3 Å². The first-order valence-corrected chi connectivity index (χ1v) is 12.2. The van der Waals surface area contributed by atoms with E-state index in [1.165, 1.54) is 0 Å².